The summed E-state index contributed by atoms with van der Waals surface area (Å²) in [5.74, 6) is 0.664. The van der Waals surface area contributed by atoms with E-state index in [0.29, 0.717) is 0 Å². The minimum absolute atomic E-state index is 0.0610. The fourth-order valence-electron chi connectivity index (χ4n) is 2.75. The smallest absolute Gasteiger partial charge is 0.309 e. The lowest BCUT2D eigenvalue weighted by Gasteiger charge is -2.31. The number of aromatic nitrogens is 3. The highest BCUT2D eigenvalue weighted by atomic mass is 16.5. The standard InChI is InChI=1S/C17H20N4O2/c1-13(15-4-2-3-7-19-15)23-17(22)14-5-10-21(11-6-14)16-12-18-8-9-20-16/h2-4,7-9,12-14H,5-6,10-11H2,1H3/t13-/m1/s1. The number of nitrogens with zero attached hydrogens (tertiary/aromatic N) is 4. The molecule has 1 atom stereocenters. The van der Waals surface area contributed by atoms with Gasteiger partial charge < -0.3 is 9.64 Å². The van der Waals surface area contributed by atoms with E-state index in [2.05, 4.69) is 19.9 Å². The summed E-state index contributed by atoms with van der Waals surface area (Å²) in [7, 11) is 0. The van der Waals surface area contributed by atoms with Gasteiger partial charge in [0.2, 0.25) is 0 Å². The number of pyridine rings is 1. The molecule has 0 bridgehead atoms. The summed E-state index contributed by atoms with van der Waals surface area (Å²) in [6, 6.07) is 5.61. The number of carbonyl (C=O) groups excluding carboxylic acids is 1. The predicted molar refractivity (Wildman–Crippen MR) is 85.7 cm³/mol. The summed E-state index contributed by atoms with van der Waals surface area (Å²) in [5.41, 5.74) is 0.776. The summed E-state index contributed by atoms with van der Waals surface area (Å²) in [4.78, 5) is 27.1. The van der Waals surface area contributed by atoms with Crippen LogP contribution in [0.5, 0.6) is 0 Å². The van der Waals surface area contributed by atoms with Crippen LogP contribution in [-0.4, -0.2) is 34.0 Å². The Hall–Kier alpha value is -2.50. The molecular weight excluding hydrogens is 292 g/mol. The molecule has 0 spiro atoms. The number of anilines is 1. The summed E-state index contributed by atoms with van der Waals surface area (Å²) in [6.07, 6.45) is 8.02. The lowest BCUT2D eigenvalue weighted by molar-refractivity contribution is -0.154. The van der Waals surface area contributed by atoms with Crippen LogP contribution in [0.2, 0.25) is 0 Å². The highest BCUT2D eigenvalue weighted by Gasteiger charge is 2.28. The molecule has 3 heterocycles. The van der Waals surface area contributed by atoms with Crippen molar-refractivity contribution >= 4 is 11.8 Å². The van der Waals surface area contributed by atoms with Crippen molar-refractivity contribution < 1.29 is 9.53 Å². The largest absolute Gasteiger partial charge is 0.456 e. The second kappa shape index (κ2) is 7.17. The second-order valence-electron chi connectivity index (χ2n) is 5.66. The van der Waals surface area contributed by atoms with Crippen LogP contribution in [0, 0.1) is 5.92 Å². The van der Waals surface area contributed by atoms with Gasteiger partial charge in [-0.15, -0.1) is 0 Å². The van der Waals surface area contributed by atoms with Crippen LogP contribution in [-0.2, 0) is 9.53 Å². The average molecular weight is 312 g/mol. The summed E-state index contributed by atoms with van der Waals surface area (Å²) >= 11 is 0. The van der Waals surface area contributed by atoms with Gasteiger partial charge in [0.25, 0.3) is 0 Å². The van der Waals surface area contributed by atoms with Gasteiger partial charge in [-0.25, -0.2) is 4.98 Å². The van der Waals surface area contributed by atoms with E-state index in [4.69, 9.17) is 4.74 Å². The molecule has 0 saturated carbocycles. The van der Waals surface area contributed by atoms with Crippen molar-refractivity contribution in [2.45, 2.75) is 25.9 Å². The van der Waals surface area contributed by atoms with E-state index in [1.54, 1.807) is 24.8 Å². The Bertz CT molecular complexity index is 628. The Morgan fingerprint density at radius 3 is 2.70 bits per heavy atom. The third kappa shape index (κ3) is 3.83. The zero-order valence-electron chi connectivity index (χ0n) is 13.1. The Morgan fingerprint density at radius 2 is 2.04 bits per heavy atom. The maximum absolute atomic E-state index is 12.3. The lowest BCUT2D eigenvalue weighted by atomic mass is 9.97. The quantitative estimate of drug-likeness (QED) is 0.808. The van der Waals surface area contributed by atoms with E-state index in [1.165, 1.54) is 0 Å². The normalized spacial score (nSPS) is 16.8. The Morgan fingerprint density at radius 1 is 1.22 bits per heavy atom. The van der Waals surface area contributed by atoms with E-state index in [1.807, 2.05) is 25.1 Å². The molecule has 0 aromatic carbocycles. The minimum atomic E-state index is -0.318. The number of esters is 1. The Balaban J connectivity index is 1.52. The van der Waals surface area contributed by atoms with Crippen molar-refractivity contribution in [1.82, 2.24) is 15.0 Å². The maximum Gasteiger partial charge on any atom is 0.309 e. The zero-order chi connectivity index (χ0) is 16.1. The first kappa shape index (κ1) is 15.4. The molecule has 1 aliphatic rings. The van der Waals surface area contributed by atoms with Gasteiger partial charge in [0.05, 0.1) is 17.8 Å². The highest BCUT2D eigenvalue weighted by Crippen LogP contribution is 2.24. The fourth-order valence-corrected chi connectivity index (χ4v) is 2.75. The van der Waals surface area contributed by atoms with Crippen LogP contribution in [0.3, 0.4) is 0 Å². The highest BCUT2D eigenvalue weighted by molar-refractivity contribution is 5.73. The third-order valence-corrected chi connectivity index (χ3v) is 4.10. The number of ether oxygens (including phenoxy) is 1. The van der Waals surface area contributed by atoms with Crippen molar-refractivity contribution in [2.75, 3.05) is 18.0 Å². The molecule has 6 heteroatoms. The van der Waals surface area contributed by atoms with Crippen molar-refractivity contribution in [3.63, 3.8) is 0 Å². The van der Waals surface area contributed by atoms with Gasteiger partial charge in [-0.05, 0) is 31.9 Å². The van der Waals surface area contributed by atoms with Crippen LogP contribution < -0.4 is 4.90 Å². The topological polar surface area (TPSA) is 68.2 Å². The SMILES string of the molecule is C[C@@H](OC(=O)C1CCN(c2cnccn2)CC1)c1ccccn1. The first-order chi connectivity index (χ1) is 11.2. The van der Waals surface area contributed by atoms with Crippen LogP contribution in [0.1, 0.15) is 31.6 Å². The van der Waals surface area contributed by atoms with E-state index < -0.39 is 0 Å². The molecule has 1 fully saturated rings. The van der Waals surface area contributed by atoms with Gasteiger partial charge >= 0.3 is 5.97 Å². The first-order valence-corrected chi connectivity index (χ1v) is 7.86. The number of rotatable bonds is 4. The van der Waals surface area contributed by atoms with Crippen molar-refractivity contribution in [3.05, 3.63) is 48.7 Å². The fraction of sp³-hybridized carbons (Fsp3) is 0.412. The van der Waals surface area contributed by atoms with Crippen LogP contribution >= 0.6 is 0 Å². The molecule has 0 aliphatic carbocycles. The second-order valence-corrected chi connectivity index (χ2v) is 5.66. The first-order valence-electron chi connectivity index (χ1n) is 7.86. The molecule has 0 N–H and O–H groups in total. The average Bonchev–Trinajstić information content (AvgIpc) is 2.63. The minimum Gasteiger partial charge on any atom is -0.456 e. The van der Waals surface area contributed by atoms with Gasteiger partial charge in [0.15, 0.2) is 0 Å². The summed E-state index contributed by atoms with van der Waals surface area (Å²) < 4.78 is 5.57. The number of piperidine rings is 1. The van der Waals surface area contributed by atoms with Gasteiger partial charge in [0.1, 0.15) is 11.9 Å². The lowest BCUT2D eigenvalue weighted by Crippen LogP contribution is -2.37. The number of hydrogen-bond donors (Lipinski definition) is 0. The summed E-state index contributed by atoms with van der Waals surface area (Å²) in [5, 5.41) is 0. The zero-order valence-corrected chi connectivity index (χ0v) is 13.1. The Kier molecular flexibility index (Phi) is 4.80. The van der Waals surface area contributed by atoms with E-state index >= 15 is 0 Å². The van der Waals surface area contributed by atoms with Crippen LogP contribution in [0.4, 0.5) is 5.82 Å². The third-order valence-electron chi connectivity index (χ3n) is 4.10. The molecule has 120 valence electrons. The molecular formula is C17H20N4O2. The molecule has 2 aromatic heterocycles. The molecule has 1 saturated heterocycles. The van der Waals surface area contributed by atoms with E-state index in [-0.39, 0.29) is 18.0 Å². The van der Waals surface area contributed by atoms with Crippen LogP contribution in [0.15, 0.2) is 43.0 Å². The Labute approximate surface area is 135 Å². The van der Waals surface area contributed by atoms with Crippen molar-refractivity contribution in [1.29, 1.82) is 0 Å². The predicted octanol–water partition coefficient (Wildman–Crippen LogP) is 2.39. The maximum atomic E-state index is 12.3. The van der Waals surface area contributed by atoms with Crippen LogP contribution in [0.25, 0.3) is 0 Å². The van der Waals surface area contributed by atoms with E-state index in [9.17, 15) is 4.79 Å². The molecule has 2 aromatic rings. The van der Waals surface area contributed by atoms with Crippen molar-refractivity contribution in [2.24, 2.45) is 5.92 Å². The number of hydrogen-bond acceptors (Lipinski definition) is 6. The van der Waals surface area contributed by atoms with Gasteiger partial charge in [-0.2, -0.15) is 0 Å². The monoisotopic (exact) mass is 312 g/mol. The number of carbonyl (C=O) groups is 1. The molecule has 0 radical (unpaired) electrons. The molecule has 0 amide bonds. The molecule has 23 heavy (non-hydrogen) atoms. The van der Waals surface area contributed by atoms with E-state index in [0.717, 1.165) is 37.4 Å². The molecule has 0 unspecified atom stereocenters. The van der Waals surface area contributed by atoms with Gasteiger partial charge in [-0.3, -0.25) is 14.8 Å². The summed E-state index contributed by atoms with van der Waals surface area (Å²) in [6.45, 7) is 3.43. The van der Waals surface area contributed by atoms with Gasteiger partial charge in [-0.1, -0.05) is 6.07 Å². The molecule has 3 rings (SSSR count). The molecule has 6 nitrogen and oxygen atoms in total. The van der Waals surface area contributed by atoms with Crippen molar-refractivity contribution in [3.8, 4) is 0 Å². The molecule has 1 aliphatic heterocycles. The van der Waals surface area contributed by atoms with Gasteiger partial charge in [0, 0.05) is 31.7 Å².